The quantitative estimate of drug-likeness (QED) is 0.348. The molecule has 0 aliphatic carbocycles. The summed E-state index contributed by atoms with van der Waals surface area (Å²) in [4.78, 5) is 0. The van der Waals surface area contributed by atoms with Crippen LogP contribution in [0, 0.1) is 11.3 Å². The van der Waals surface area contributed by atoms with Crippen LogP contribution in [0.4, 0.5) is 0 Å². The lowest BCUT2D eigenvalue weighted by Gasteiger charge is -2.07. The number of nitriles is 1. The van der Waals surface area contributed by atoms with E-state index in [2.05, 4.69) is 42.5 Å². The Morgan fingerprint density at radius 3 is 2.41 bits per heavy atom. The van der Waals surface area contributed by atoms with Crippen molar-refractivity contribution in [1.82, 2.24) is 0 Å². The van der Waals surface area contributed by atoms with Crippen molar-refractivity contribution in [3.8, 4) is 6.07 Å². The summed E-state index contributed by atoms with van der Waals surface area (Å²) in [5.74, 6) is 1.19. The van der Waals surface area contributed by atoms with Gasteiger partial charge in [0.05, 0.1) is 12.5 Å². The number of unbranched alkanes of at least 4 members (excludes halogenated alkanes) is 4. The summed E-state index contributed by atoms with van der Waals surface area (Å²) in [6, 6.07) is 2.30. The maximum Gasteiger partial charge on any atom is 0.0666 e. The lowest BCUT2D eigenvalue weighted by molar-refractivity contribution is 0.661. The second-order valence-corrected chi connectivity index (χ2v) is 7.14. The van der Waals surface area contributed by atoms with Gasteiger partial charge in [-0.2, -0.15) is 5.26 Å². The van der Waals surface area contributed by atoms with Crippen molar-refractivity contribution in [1.29, 1.82) is 5.26 Å². The molecular weight excluding hydrogens is 341 g/mol. The molecule has 0 bridgehead atoms. The number of allylic oxidation sites excluding steroid dienone is 1. The van der Waals surface area contributed by atoms with E-state index in [1.807, 2.05) is 11.8 Å². The predicted molar refractivity (Wildman–Crippen MR) is 87.4 cm³/mol. The molecule has 0 radical (unpaired) electrons. The first kappa shape index (κ1) is 17.3. The summed E-state index contributed by atoms with van der Waals surface area (Å²) in [6.07, 6.45) is 9.39. The van der Waals surface area contributed by atoms with Gasteiger partial charge in [-0.3, -0.25) is 0 Å². The van der Waals surface area contributed by atoms with Gasteiger partial charge < -0.3 is 0 Å². The highest BCUT2D eigenvalue weighted by atomic mass is 127. The highest BCUT2D eigenvalue weighted by molar-refractivity contribution is 14.1. The number of hydrogen-bond donors (Lipinski definition) is 0. The van der Waals surface area contributed by atoms with Crippen molar-refractivity contribution in [2.24, 2.45) is 0 Å². The van der Waals surface area contributed by atoms with Gasteiger partial charge >= 0.3 is 0 Å². The summed E-state index contributed by atoms with van der Waals surface area (Å²) >= 11 is 4.35. The van der Waals surface area contributed by atoms with E-state index in [-0.39, 0.29) is 0 Å². The maximum atomic E-state index is 8.86. The van der Waals surface area contributed by atoms with Gasteiger partial charge in [0, 0.05) is 2.91 Å². The van der Waals surface area contributed by atoms with E-state index in [0.29, 0.717) is 6.42 Å². The molecule has 0 aliphatic rings. The van der Waals surface area contributed by atoms with Crippen molar-refractivity contribution < 1.29 is 0 Å². The molecule has 0 heterocycles. The summed E-state index contributed by atoms with van der Waals surface area (Å²) in [6.45, 7) is 4.45. The zero-order valence-corrected chi connectivity index (χ0v) is 14.1. The zero-order valence-electron chi connectivity index (χ0n) is 11.1. The van der Waals surface area contributed by atoms with E-state index < -0.39 is 0 Å². The van der Waals surface area contributed by atoms with Crippen LogP contribution in [0.15, 0.2) is 8.48 Å². The Hall–Kier alpha value is 0.310. The Morgan fingerprint density at radius 1 is 1.12 bits per heavy atom. The molecular formula is C14H24INS. The number of thioether (sulfide) groups is 1. The fraction of sp³-hybridized carbons (Fsp3) is 0.786. The average Bonchev–Trinajstić information content (AvgIpc) is 2.33. The molecule has 0 aliphatic heterocycles. The Bertz CT molecular complexity index is 255. The van der Waals surface area contributed by atoms with Crippen LogP contribution in [0.25, 0.3) is 0 Å². The SMILES string of the molecule is CCCCCC/C(CC#N)=C(\I)SCCCC. The highest BCUT2D eigenvalue weighted by Crippen LogP contribution is 2.31. The van der Waals surface area contributed by atoms with Crippen molar-refractivity contribution in [3.05, 3.63) is 8.48 Å². The maximum absolute atomic E-state index is 8.86. The molecule has 0 saturated carbocycles. The molecule has 0 N–H and O–H groups in total. The molecule has 1 nitrogen and oxygen atoms in total. The van der Waals surface area contributed by atoms with Crippen molar-refractivity contribution >= 4 is 34.4 Å². The number of halogens is 1. The molecule has 0 unspecified atom stereocenters. The van der Waals surface area contributed by atoms with E-state index in [9.17, 15) is 0 Å². The van der Waals surface area contributed by atoms with E-state index in [1.54, 1.807) is 0 Å². The van der Waals surface area contributed by atoms with E-state index in [0.717, 1.165) is 6.42 Å². The number of nitrogens with zero attached hydrogens (tertiary/aromatic N) is 1. The van der Waals surface area contributed by atoms with Crippen LogP contribution in [0.1, 0.15) is 65.2 Å². The van der Waals surface area contributed by atoms with E-state index >= 15 is 0 Å². The minimum Gasteiger partial charge on any atom is -0.198 e. The largest absolute Gasteiger partial charge is 0.198 e. The summed E-state index contributed by atoms with van der Waals surface area (Å²) < 4.78 is 1.37. The number of hydrogen-bond acceptors (Lipinski definition) is 2. The summed E-state index contributed by atoms with van der Waals surface area (Å²) in [5, 5.41) is 8.86. The molecule has 0 aromatic rings. The first-order valence-electron chi connectivity index (χ1n) is 6.63. The van der Waals surface area contributed by atoms with Gasteiger partial charge in [-0.25, -0.2) is 0 Å². The molecule has 3 heteroatoms. The third-order valence-corrected chi connectivity index (χ3v) is 5.36. The van der Waals surface area contributed by atoms with Gasteiger partial charge in [-0.15, -0.1) is 11.8 Å². The molecule has 0 saturated heterocycles. The second-order valence-electron chi connectivity index (χ2n) is 4.22. The average molecular weight is 365 g/mol. The standard InChI is InChI=1S/C14H24INS/c1-3-5-7-8-9-13(10-11-16)14(15)17-12-6-4-2/h3-10,12H2,1-2H3/b14-13-. The molecule has 0 fully saturated rings. The second kappa shape index (κ2) is 12.8. The molecule has 0 atom stereocenters. The monoisotopic (exact) mass is 365 g/mol. The fourth-order valence-corrected chi connectivity index (χ4v) is 3.64. The lowest BCUT2D eigenvalue weighted by Crippen LogP contribution is -1.87. The van der Waals surface area contributed by atoms with Crippen LogP contribution in [-0.4, -0.2) is 5.75 Å². The van der Waals surface area contributed by atoms with Crippen molar-refractivity contribution in [2.75, 3.05) is 5.75 Å². The smallest absolute Gasteiger partial charge is 0.0666 e. The van der Waals surface area contributed by atoms with E-state index in [1.165, 1.54) is 52.8 Å². The van der Waals surface area contributed by atoms with Crippen LogP contribution in [-0.2, 0) is 0 Å². The topological polar surface area (TPSA) is 23.8 Å². The molecule has 0 spiro atoms. The third-order valence-electron chi connectivity index (χ3n) is 2.63. The van der Waals surface area contributed by atoms with Crippen molar-refractivity contribution in [3.63, 3.8) is 0 Å². The minimum absolute atomic E-state index is 0.615. The lowest BCUT2D eigenvalue weighted by atomic mass is 10.1. The first-order valence-corrected chi connectivity index (χ1v) is 8.69. The van der Waals surface area contributed by atoms with Crippen LogP contribution in [0.3, 0.4) is 0 Å². The predicted octanol–water partition coefficient (Wildman–Crippen LogP) is 6.05. The normalized spacial score (nSPS) is 12.1. The van der Waals surface area contributed by atoms with Crippen LogP contribution < -0.4 is 0 Å². The molecule has 17 heavy (non-hydrogen) atoms. The van der Waals surface area contributed by atoms with Gasteiger partial charge in [0.25, 0.3) is 0 Å². The Balaban J connectivity index is 4.08. The van der Waals surface area contributed by atoms with Gasteiger partial charge in [0.15, 0.2) is 0 Å². The van der Waals surface area contributed by atoms with Crippen molar-refractivity contribution in [2.45, 2.75) is 65.2 Å². The van der Waals surface area contributed by atoms with Crippen LogP contribution in [0.5, 0.6) is 0 Å². The molecule has 0 aromatic carbocycles. The Labute approximate surface area is 125 Å². The van der Waals surface area contributed by atoms with Gasteiger partial charge in [-0.1, -0.05) is 39.5 Å². The fourth-order valence-electron chi connectivity index (χ4n) is 1.52. The Kier molecular flexibility index (Phi) is 13.0. The molecule has 0 aromatic heterocycles. The first-order chi connectivity index (χ1) is 8.26. The summed E-state index contributed by atoms with van der Waals surface area (Å²) in [5.41, 5.74) is 1.37. The molecule has 0 amide bonds. The van der Waals surface area contributed by atoms with Crippen LogP contribution in [0.2, 0.25) is 0 Å². The zero-order chi connectivity index (χ0) is 12.9. The van der Waals surface area contributed by atoms with Gasteiger partial charge in [0.1, 0.15) is 0 Å². The van der Waals surface area contributed by atoms with Gasteiger partial charge in [-0.05, 0) is 53.2 Å². The Morgan fingerprint density at radius 2 is 1.82 bits per heavy atom. The molecule has 98 valence electrons. The van der Waals surface area contributed by atoms with E-state index in [4.69, 9.17) is 5.26 Å². The third kappa shape index (κ3) is 9.96. The van der Waals surface area contributed by atoms with Gasteiger partial charge in [0.2, 0.25) is 0 Å². The summed E-state index contributed by atoms with van der Waals surface area (Å²) in [7, 11) is 0. The van der Waals surface area contributed by atoms with Crippen LogP contribution >= 0.6 is 34.4 Å². The highest BCUT2D eigenvalue weighted by Gasteiger charge is 2.04. The molecule has 0 rings (SSSR count). The minimum atomic E-state index is 0.615. The number of rotatable bonds is 10.